The van der Waals surface area contributed by atoms with Gasteiger partial charge in [0, 0.05) is 33.0 Å². The van der Waals surface area contributed by atoms with E-state index >= 15 is 0 Å². The van der Waals surface area contributed by atoms with Gasteiger partial charge in [0.15, 0.2) is 0 Å². The Balaban J connectivity index is 2.67. The molecule has 1 aromatic carbocycles. The summed E-state index contributed by atoms with van der Waals surface area (Å²) in [5.74, 6) is 0.140. The quantitative estimate of drug-likeness (QED) is 0.785. The number of methoxy groups -OCH3 is 1. The molecule has 1 aromatic rings. The van der Waals surface area contributed by atoms with Crippen molar-refractivity contribution in [1.29, 1.82) is 0 Å². The molecule has 18 heavy (non-hydrogen) atoms. The first-order valence-corrected chi connectivity index (χ1v) is 7.24. The number of rotatable bonds is 7. The minimum absolute atomic E-state index is 0.140. The van der Waals surface area contributed by atoms with Crippen molar-refractivity contribution in [3.05, 3.63) is 24.3 Å². The molecule has 0 aliphatic heterocycles. The normalized spacial score (nSPS) is 13.3. The molecule has 0 fully saturated rings. The van der Waals surface area contributed by atoms with Crippen molar-refractivity contribution in [1.82, 2.24) is 4.72 Å². The lowest BCUT2D eigenvalue weighted by atomic mass is 10.2. The van der Waals surface area contributed by atoms with Gasteiger partial charge in [0.05, 0.1) is 4.90 Å². The molecule has 0 aliphatic carbocycles. The molecule has 1 rings (SSSR count). The molecule has 0 radical (unpaired) electrons. The lowest BCUT2D eigenvalue weighted by Gasteiger charge is -2.12. The summed E-state index contributed by atoms with van der Waals surface area (Å²) in [6.07, 6.45) is 0. The highest BCUT2D eigenvalue weighted by Crippen LogP contribution is 2.13. The van der Waals surface area contributed by atoms with Crippen LogP contribution < -0.4 is 10.0 Å². The number of nitrogens with one attached hydrogen (secondary N) is 2. The lowest BCUT2D eigenvalue weighted by molar-refractivity contribution is 0.161. The van der Waals surface area contributed by atoms with Crippen LogP contribution in [0.3, 0.4) is 0 Å². The van der Waals surface area contributed by atoms with Crippen LogP contribution in [0.15, 0.2) is 29.2 Å². The first-order valence-electron chi connectivity index (χ1n) is 5.76. The zero-order chi connectivity index (χ0) is 13.6. The van der Waals surface area contributed by atoms with E-state index in [4.69, 9.17) is 4.74 Å². The monoisotopic (exact) mass is 272 g/mol. The highest BCUT2D eigenvalue weighted by molar-refractivity contribution is 7.89. The number of sulfonamides is 1. The first-order chi connectivity index (χ1) is 8.49. The Morgan fingerprint density at radius 3 is 2.39 bits per heavy atom. The molecule has 6 heteroatoms. The van der Waals surface area contributed by atoms with Crippen molar-refractivity contribution in [3.8, 4) is 0 Å². The molecule has 0 saturated heterocycles. The van der Waals surface area contributed by atoms with Gasteiger partial charge in [-0.2, -0.15) is 0 Å². The van der Waals surface area contributed by atoms with Crippen LogP contribution in [0.2, 0.25) is 0 Å². The molecule has 0 spiro atoms. The fourth-order valence-corrected chi connectivity index (χ4v) is 2.64. The van der Waals surface area contributed by atoms with Gasteiger partial charge in [-0.3, -0.25) is 0 Å². The third-order valence-corrected chi connectivity index (χ3v) is 3.97. The molecule has 1 unspecified atom stereocenters. The molecule has 102 valence electrons. The molecule has 0 heterocycles. The van der Waals surface area contributed by atoms with Crippen LogP contribution in [0.25, 0.3) is 0 Å². The van der Waals surface area contributed by atoms with Crippen LogP contribution in [0.1, 0.15) is 6.92 Å². The van der Waals surface area contributed by atoms with E-state index in [2.05, 4.69) is 10.0 Å². The maximum atomic E-state index is 12.0. The number of hydrogen-bond acceptors (Lipinski definition) is 4. The second-order valence-electron chi connectivity index (χ2n) is 4.19. The highest BCUT2D eigenvalue weighted by atomic mass is 32.2. The summed E-state index contributed by atoms with van der Waals surface area (Å²) in [5.41, 5.74) is 0.877. The predicted octanol–water partition coefficient (Wildman–Crippen LogP) is 1.29. The molecule has 0 amide bonds. The van der Waals surface area contributed by atoms with Crippen LogP contribution in [0, 0.1) is 5.92 Å². The highest BCUT2D eigenvalue weighted by Gasteiger charge is 2.14. The Hall–Kier alpha value is -1.11. The number of anilines is 1. The van der Waals surface area contributed by atoms with E-state index in [0.717, 1.165) is 5.69 Å². The van der Waals surface area contributed by atoms with Crippen molar-refractivity contribution in [2.45, 2.75) is 11.8 Å². The van der Waals surface area contributed by atoms with E-state index in [1.807, 2.05) is 6.92 Å². The van der Waals surface area contributed by atoms with E-state index in [0.29, 0.717) is 13.2 Å². The average Bonchev–Trinajstić information content (AvgIpc) is 2.37. The van der Waals surface area contributed by atoms with Crippen molar-refractivity contribution >= 4 is 15.7 Å². The minimum Gasteiger partial charge on any atom is -0.388 e. The lowest BCUT2D eigenvalue weighted by Crippen LogP contribution is -2.30. The Labute approximate surface area is 109 Å². The summed E-state index contributed by atoms with van der Waals surface area (Å²) in [5, 5.41) is 2.94. The fourth-order valence-electron chi connectivity index (χ4n) is 1.48. The van der Waals surface area contributed by atoms with E-state index in [1.165, 1.54) is 0 Å². The summed E-state index contributed by atoms with van der Waals surface area (Å²) < 4.78 is 31.5. The Morgan fingerprint density at radius 2 is 1.89 bits per heavy atom. The molecule has 0 aromatic heterocycles. The summed E-state index contributed by atoms with van der Waals surface area (Å²) in [6.45, 7) is 2.82. The van der Waals surface area contributed by atoms with Crippen molar-refractivity contribution in [3.63, 3.8) is 0 Å². The Bertz CT molecular complexity index is 457. The van der Waals surface area contributed by atoms with Gasteiger partial charge in [-0.25, -0.2) is 13.1 Å². The second kappa shape index (κ2) is 6.72. The Kier molecular flexibility index (Phi) is 5.58. The average molecular weight is 272 g/mol. The van der Waals surface area contributed by atoms with Crippen LogP contribution in [0.5, 0.6) is 0 Å². The summed E-state index contributed by atoms with van der Waals surface area (Å²) in [6, 6.07) is 6.62. The van der Waals surface area contributed by atoms with Crippen LogP contribution in [-0.2, 0) is 14.8 Å². The standard InChI is InChI=1S/C12H20N2O3S/c1-10(9-17-3)8-14-18(15,16)12-6-4-11(13-2)5-7-12/h4-7,10,13-14H,8-9H2,1-3H3. The predicted molar refractivity (Wildman–Crippen MR) is 72.2 cm³/mol. The zero-order valence-corrected chi connectivity index (χ0v) is 11.8. The fraction of sp³-hybridized carbons (Fsp3) is 0.500. The van der Waals surface area contributed by atoms with Gasteiger partial charge in [0.25, 0.3) is 0 Å². The largest absolute Gasteiger partial charge is 0.388 e. The molecular weight excluding hydrogens is 252 g/mol. The maximum Gasteiger partial charge on any atom is 0.240 e. The molecule has 5 nitrogen and oxygen atoms in total. The molecule has 0 saturated carbocycles. The van der Waals surface area contributed by atoms with E-state index in [9.17, 15) is 8.42 Å². The van der Waals surface area contributed by atoms with E-state index in [-0.39, 0.29) is 10.8 Å². The molecule has 0 aliphatic rings. The smallest absolute Gasteiger partial charge is 0.240 e. The van der Waals surface area contributed by atoms with Crippen LogP contribution >= 0.6 is 0 Å². The van der Waals surface area contributed by atoms with Gasteiger partial charge >= 0.3 is 0 Å². The summed E-state index contributed by atoms with van der Waals surface area (Å²) >= 11 is 0. The van der Waals surface area contributed by atoms with Gasteiger partial charge < -0.3 is 10.1 Å². The topological polar surface area (TPSA) is 67.4 Å². The molecule has 2 N–H and O–H groups in total. The number of ether oxygens (including phenoxy) is 1. The van der Waals surface area contributed by atoms with Crippen molar-refractivity contribution in [2.24, 2.45) is 5.92 Å². The van der Waals surface area contributed by atoms with Gasteiger partial charge in [0.1, 0.15) is 0 Å². The first kappa shape index (κ1) is 14.9. The Morgan fingerprint density at radius 1 is 1.28 bits per heavy atom. The van der Waals surface area contributed by atoms with Gasteiger partial charge in [0.2, 0.25) is 10.0 Å². The molecular formula is C12H20N2O3S. The van der Waals surface area contributed by atoms with Gasteiger partial charge in [-0.15, -0.1) is 0 Å². The molecule has 1 atom stereocenters. The SMILES string of the molecule is CNc1ccc(S(=O)(=O)NCC(C)COC)cc1. The van der Waals surface area contributed by atoms with Crippen molar-refractivity contribution < 1.29 is 13.2 Å². The number of hydrogen-bond donors (Lipinski definition) is 2. The van der Waals surface area contributed by atoms with Crippen LogP contribution in [0.4, 0.5) is 5.69 Å². The number of benzene rings is 1. The van der Waals surface area contributed by atoms with Crippen molar-refractivity contribution in [2.75, 3.05) is 32.6 Å². The second-order valence-corrected chi connectivity index (χ2v) is 5.95. The third-order valence-electron chi connectivity index (χ3n) is 2.53. The summed E-state index contributed by atoms with van der Waals surface area (Å²) in [7, 11) is -0.0474. The van der Waals surface area contributed by atoms with Gasteiger partial charge in [-0.1, -0.05) is 6.92 Å². The third kappa shape index (κ3) is 4.29. The molecule has 0 bridgehead atoms. The minimum atomic E-state index is -3.43. The van der Waals surface area contributed by atoms with Crippen LogP contribution in [-0.4, -0.2) is 35.7 Å². The summed E-state index contributed by atoms with van der Waals surface area (Å²) in [4.78, 5) is 0.270. The zero-order valence-electron chi connectivity index (χ0n) is 10.9. The van der Waals surface area contributed by atoms with E-state index in [1.54, 1.807) is 38.4 Å². The maximum absolute atomic E-state index is 12.0. The van der Waals surface area contributed by atoms with Gasteiger partial charge in [-0.05, 0) is 30.2 Å². The van der Waals surface area contributed by atoms with E-state index < -0.39 is 10.0 Å².